The number of hydrogen-bond donors (Lipinski definition) is 0. The minimum Gasteiger partial charge on any atom is -0.462 e. The third kappa shape index (κ3) is 3.97. The fourth-order valence-corrected chi connectivity index (χ4v) is 2.11. The largest absolute Gasteiger partial charge is 0.462 e. The Morgan fingerprint density at radius 3 is 2.50 bits per heavy atom. The summed E-state index contributed by atoms with van der Waals surface area (Å²) in [6, 6.07) is 6.60. The van der Waals surface area contributed by atoms with Crippen LogP contribution in [0.2, 0.25) is 0 Å². The van der Waals surface area contributed by atoms with Gasteiger partial charge in [0.25, 0.3) is 0 Å². The topological polar surface area (TPSA) is 46.6 Å². The lowest BCUT2D eigenvalue weighted by Gasteiger charge is -2.30. The molecule has 0 unspecified atom stereocenters. The Balaban J connectivity index is 3.19. The molecule has 0 aromatic heterocycles. The van der Waals surface area contributed by atoms with Gasteiger partial charge in [-0.1, -0.05) is 19.1 Å². The van der Waals surface area contributed by atoms with Gasteiger partial charge in [0.1, 0.15) is 6.04 Å². The van der Waals surface area contributed by atoms with E-state index in [4.69, 9.17) is 16.3 Å². The average Bonchev–Trinajstić information content (AvgIpc) is 2.44. The molecule has 0 fully saturated rings. The molecule has 0 bridgehead atoms. The predicted octanol–water partition coefficient (Wildman–Crippen LogP) is 3.23. The van der Waals surface area contributed by atoms with Crippen LogP contribution in [0.4, 0.5) is 5.69 Å². The summed E-state index contributed by atoms with van der Waals surface area (Å²) in [4.78, 5) is 25.3. The normalized spacial score (nSPS) is 11.8. The number of carbonyl (C=O) groups excluding carboxylic acids is 2. The van der Waals surface area contributed by atoms with Gasteiger partial charge in [-0.3, -0.25) is 4.79 Å². The number of ether oxygens (including phenoxy) is 1. The molecule has 1 rings (SSSR count). The van der Waals surface area contributed by atoms with Crippen molar-refractivity contribution in [3.8, 4) is 0 Å². The highest BCUT2D eigenvalue weighted by molar-refractivity contribution is 6.65. The van der Waals surface area contributed by atoms with E-state index in [0.29, 0.717) is 24.4 Å². The van der Waals surface area contributed by atoms with E-state index in [2.05, 4.69) is 0 Å². The number of rotatable bonds is 7. The van der Waals surface area contributed by atoms with Crippen LogP contribution in [0.15, 0.2) is 24.3 Å². The number of para-hydroxylation sites is 1. The van der Waals surface area contributed by atoms with Crippen LogP contribution in [0, 0.1) is 0 Å². The molecule has 0 aliphatic carbocycles. The summed E-state index contributed by atoms with van der Waals surface area (Å²) in [6.45, 7) is 6.44. The predicted molar refractivity (Wildman–Crippen MR) is 80.4 cm³/mol. The van der Waals surface area contributed by atoms with E-state index in [1.54, 1.807) is 32.0 Å². The molecule has 0 amide bonds. The Bertz CT molecular complexity index is 476. The van der Waals surface area contributed by atoms with Gasteiger partial charge in [-0.05, 0) is 44.0 Å². The van der Waals surface area contributed by atoms with E-state index in [9.17, 15) is 9.59 Å². The van der Waals surface area contributed by atoms with Gasteiger partial charge in [0.2, 0.25) is 5.24 Å². The molecule has 110 valence electrons. The maximum absolute atomic E-state index is 12.0. The van der Waals surface area contributed by atoms with Gasteiger partial charge in [0, 0.05) is 6.54 Å². The van der Waals surface area contributed by atoms with Crippen molar-refractivity contribution < 1.29 is 14.3 Å². The second kappa shape index (κ2) is 7.90. The van der Waals surface area contributed by atoms with Crippen molar-refractivity contribution in [1.29, 1.82) is 0 Å². The maximum atomic E-state index is 12.0. The van der Waals surface area contributed by atoms with Gasteiger partial charge in [-0.15, -0.1) is 0 Å². The van der Waals surface area contributed by atoms with Gasteiger partial charge >= 0.3 is 5.97 Å². The average molecular weight is 298 g/mol. The third-order valence-electron chi connectivity index (χ3n) is 2.97. The number of esters is 1. The number of anilines is 1. The Morgan fingerprint density at radius 1 is 1.30 bits per heavy atom. The van der Waals surface area contributed by atoms with Crippen molar-refractivity contribution in [1.82, 2.24) is 0 Å². The van der Waals surface area contributed by atoms with Gasteiger partial charge in [-0.2, -0.15) is 0 Å². The zero-order chi connectivity index (χ0) is 15.1. The van der Waals surface area contributed by atoms with E-state index in [1.807, 2.05) is 17.9 Å². The number of halogens is 1. The Morgan fingerprint density at radius 2 is 1.95 bits per heavy atom. The van der Waals surface area contributed by atoms with Crippen LogP contribution < -0.4 is 4.90 Å². The standard InChI is InChI=1S/C15H20ClNO3/c1-4-10-17(11(3)14(16)18)13-9-7-6-8-12(13)15(19)20-5-2/h6-9,11H,4-5,10H2,1-3H3/t11-/m0/s1. The van der Waals surface area contributed by atoms with E-state index in [-0.39, 0.29) is 0 Å². The van der Waals surface area contributed by atoms with E-state index in [0.717, 1.165) is 6.42 Å². The van der Waals surface area contributed by atoms with Gasteiger partial charge in [0.05, 0.1) is 17.9 Å². The first kappa shape index (κ1) is 16.5. The zero-order valence-corrected chi connectivity index (χ0v) is 12.8. The summed E-state index contributed by atoms with van der Waals surface area (Å²) in [7, 11) is 0. The molecule has 1 atom stereocenters. The quantitative estimate of drug-likeness (QED) is 0.572. The smallest absolute Gasteiger partial charge is 0.340 e. The monoisotopic (exact) mass is 297 g/mol. The highest BCUT2D eigenvalue weighted by Gasteiger charge is 2.24. The number of nitrogens with zero attached hydrogens (tertiary/aromatic N) is 1. The third-order valence-corrected chi connectivity index (χ3v) is 3.29. The van der Waals surface area contributed by atoms with Crippen molar-refractivity contribution in [2.24, 2.45) is 0 Å². The first-order valence-electron chi connectivity index (χ1n) is 6.75. The maximum Gasteiger partial charge on any atom is 0.340 e. The molecule has 0 aliphatic heterocycles. The first-order valence-corrected chi connectivity index (χ1v) is 7.12. The molecule has 0 radical (unpaired) electrons. The highest BCUT2D eigenvalue weighted by Crippen LogP contribution is 2.24. The first-order chi connectivity index (χ1) is 9.52. The van der Waals surface area contributed by atoms with Crippen molar-refractivity contribution >= 4 is 28.5 Å². The van der Waals surface area contributed by atoms with Crippen molar-refractivity contribution in [2.45, 2.75) is 33.2 Å². The zero-order valence-electron chi connectivity index (χ0n) is 12.1. The number of hydrogen-bond acceptors (Lipinski definition) is 4. The molecule has 0 aliphatic rings. The van der Waals surface area contributed by atoms with Crippen LogP contribution in [0.5, 0.6) is 0 Å². The lowest BCUT2D eigenvalue weighted by molar-refractivity contribution is -0.112. The molecule has 0 N–H and O–H groups in total. The fourth-order valence-electron chi connectivity index (χ4n) is 1.99. The van der Waals surface area contributed by atoms with Gasteiger partial charge < -0.3 is 9.64 Å². The van der Waals surface area contributed by atoms with E-state index < -0.39 is 17.3 Å². The van der Waals surface area contributed by atoms with Crippen LogP contribution in [0.25, 0.3) is 0 Å². The van der Waals surface area contributed by atoms with Crippen molar-refractivity contribution in [2.75, 3.05) is 18.1 Å². The molecule has 1 aromatic carbocycles. The minimum atomic E-state index is -0.493. The Kier molecular flexibility index (Phi) is 6.52. The van der Waals surface area contributed by atoms with Crippen molar-refractivity contribution in [3.05, 3.63) is 29.8 Å². The second-order valence-corrected chi connectivity index (χ2v) is 4.78. The lowest BCUT2D eigenvalue weighted by Crippen LogP contribution is -2.38. The summed E-state index contributed by atoms with van der Waals surface area (Å²) < 4.78 is 5.05. The Hall–Kier alpha value is -1.55. The van der Waals surface area contributed by atoms with E-state index in [1.165, 1.54) is 0 Å². The number of carbonyl (C=O) groups is 2. The summed E-state index contributed by atoms with van der Waals surface area (Å²) in [5.41, 5.74) is 1.13. The summed E-state index contributed by atoms with van der Waals surface area (Å²) in [5.74, 6) is -0.390. The Labute approximate surface area is 124 Å². The molecule has 4 nitrogen and oxygen atoms in total. The summed E-state index contributed by atoms with van der Waals surface area (Å²) >= 11 is 5.60. The summed E-state index contributed by atoms with van der Waals surface area (Å²) in [6.07, 6.45) is 0.839. The minimum absolute atomic E-state index is 0.310. The molecule has 0 saturated heterocycles. The molecule has 0 spiro atoms. The van der Waals surface area contributed by atoms with Crippen molar-refractivity contribution in [3.63, 3.8) is 0 Å². The summed E-state index contributed by atoms with van der Waals surface area (Å²) in [5, 5.41) is -0.447. The molecule has 0 heterocycles. The molecule has 20 heavy (non-hydrogen) atoms. The SMILES string of the molecule is CCCN(c1ccccc1C(=O)OCC)[C@@H](C)C(=O)Cl. The van der Waals surface area contributed by atoms with Crippen LogP contribution in [-0.4, -0.2) is 30.4 Å². The number of benzene rings is 1. The lowest BCUT2D eigenvalue weighted by atomic mass is 10.1. The van der Waals surface area contributed by atoms with Crippen LogP contribution >= 0.6 is 11.6 Å². The van der Waals surface area contributed by atoms with Crippen LogP contribution in [0.3, 0.4) is 0 Å². The van der Waals surface area contributed by atoms with Crippen LogP contribution in [0.1, 0.15) is 37.6 Å². The molecule has 5 heteroatoms. The molecular weight excluding hydrogens is 278 g/mol. The highest BCUT2D eigenvalue weighted by atomic mass is 35.5. The van der Waals surface area contributed by atoms with Crippen LogP contribution in [-0.2, 0) is 9.53 Å². The van der Waals surface area contributed by atoms with E-state index >= 15 is 0 Å². The fraction of sp³-hybridized carbons (Fsp3) is 0.467. The van der Waals surface area contributed by atoms with Gasteiger partial charge in [-0.25, -0.2) is 4.79 Å². The van der Waals surface area contributed by atoms with Gasteiger partial charge in [0.15, 0.2) is 0 Å². The second-order valence-electron chi connectivity index (χ2n) is 4.41. The molecule has 1 aromatic rings. The molecular formula is C15H20ClNO3. The molecule has 0 saturated carbocycles.